The van der Waals surface area contributed by atoms with Gasteiger partial charge in [0.05, 0.1) is 19.4 Å². The van der Waals surface area contributed by atoms with Crippen LogP contribution in [0.1, 0.15) is 19.8 Å². The first-order valence-corrected chi connectivity index (χ1v) is 6.46. The van der Waals surface area contributed by atoms with E-state index in [1.54, 1.807) is 32.2 Å². The zero-order valence-electron chi connectivity index (χ0n) is 11.3. The van der Waals surface area contributed by atoms with Gasteiger partial charge in [-0.25, -0.2) is 0 Å². The van der Waals surface area contributed by atoms with E-state index in [4.69, 9.17) is 15.2 Å². The normalized spacial score (nSPS) is 15.9. The lowest BCUT2D eigenvalue weighted by Crippen LogP contribution is -2.28. The van der Waals surface area contributed by atoms with Crippen LogP contribution in [0, 0.1) is 5.92 Å². The maximum absolute atomic E-state index is 12.0. The van der Waals surface area contributed by atoms with Crippen molar-refractivity contribution in [2.24, 2.45) is 5.92 Å². The molecule has 1 fully saturated rings. The van der Waals surface area contributed by atoms with E-state index in [0.29, 0.717) is 29.6 Å². The lowest BCUT2D eigenvalue weighted by Gasteiger charge is -2.15. The fourth-order valence-electron chi connectivity index (χ4n) is 1.70. The second-order valence-corrected chi connectivity index (χ2v) is 4.87. The Morgan fingerprint density at radius 3 is 2.89 bits per heavy atom. The second-order valence-electron chi connectivity index (χ2n) is 4.87. The molecule has 1 aliphatic carbocycles. The van der Waals surface area contributed by atoms with Crippen molar-refractivity contribution in [1.82, 2.24) is 0 Å². The first-order valence-electron chi connectivity index (χ1n) is 6.46. The number of nitrogen functional groups attached to an aromatic ring is 1. The number of rotatable bonds is 6. The number of carbonyl (C=O) groups is 1. The highest BCUT2D eigenvalue weighted by atomic mass is 16.5. The molecule has 5 nitrogen and oxygen atoms in total. The minimum Gasteiger partial charge on any atom is -0.495 e. The van der Waals surface area contributed by atoms with Gasteiger partial charge in [-0.1, -0.05) is 0 Å². The molecule has 1 aromatic carbocycles. The van der Waals surface area contributed by atoms with Gasteiger partial charge in [-0.05, 0) is 43.9 Å². The van der Waals surface area contributed by atoms with Crippen molar-refractivity contribution >= 4 is 17.3 Å². The van der Waals surface area contributed by atoms with Gasteiger partial charge in [0.25, 0.3) is 5.91 Å². The number of nitrogens with two attached hydrogens (primary N) is 1. The van der Waals surface area contributed by atoms with Gasteiger partial charge in [0.2, 0.25) is 0 Å². The number of carbonyl (C=O) groups excluding carboxylic acids is 1. The molecule has 1 saturated carbocycles. The monoisotopic (exact) mass is 264 g/mol. The zero-order valence-corrected chi connectivity index (χ0v) is 11.3. The van der Waals surface area contributed by atoms with E-state index in [9.17, 15) is 4.79 Å². The molecule has 0 bridgehead atoms. The molecule has 1 aliphatic rings. The van der Waals surface area contributed by atoms with Crippen molar-refractivity contribution in [3.63, 3.8) is 0 Å². The maximum atomic E-state index is 12.0. The second kappa shape index (κ2) is 5.93. The van der Waals surface area contributed by atoms with Gasteiger partial charge in [-0.3, -0.25) is 4.79 Å². The summed E-state index contributed by atoms with van der Waals surface area (Å²) >= 11 is 0. The summed E-state index contributed by atoms with van der Waals surface area (Å²) in [6.45, 7) is 2.40. The van der Waals surface area contributed by atoms with E-state index in [2.05, 4.69) is 5.32 Å². The number of hydrogen-bond acceptors (Lipinski definition) is 4. The molecule has 104 valence electrons. The standard InChI is InChI=1S/C14H20N2O3/c1-9(19-8-10-3-4-10)14(17)16-12-7-11(15)5-6-13(12)18-2/h5-7,9-10H,3-4,8,15H2,1-2H3,(H,16,17). The molecule has 3 N–H and O–H groups in total. The Bertz CT molecular complexity index is 458. The zero-order chi connectivity index (χ0) is 13.8. The summed E-state index contributed by atoms with van der Waals surface area (Å²) in [6.07, 6.45) is 1.93. The molecule has 1 aromatic rings. The maximum Gasteiger partial charge on any atom is 0.253 e. The van der Waals surface area contributed by atoms with Crippen molar-refractivity contribution in [1.29, 1.82) is 0 Å². The molecule has 5 heteroatoms. The molecule has 2 rings (SSSR count). The molecule has 0 aliphatic heterocycles. The minimum atomic E-state index is -0.480. The molecule has 0 aromatic heterocycles. The molecule has 1 unspecified atom stereocenters. The predicted octanol–water partition coefficient (Wildman–Crippen LogP) is 2.03. The lowest BCUT2D eigenvalue weighted by atomic mass is 10.2. The Morgan fingerprint density at radius 2 is 2.26 bits per heavy atom. The van der Waals surface area contributed by atoms with Crippen LogP contribution in [-0.2, 0) is 9.53 Å². The van der Waals surface area contributed by atoms with Crippen LogP contribution in [0.4, 0.5) is 11.4 Å². The fraction of sp³-hybridized carbons (Fsp3) is 0.500. The molecule has 1 atom stereocenters. The van der Waals surface area contributed by atoms with E-state index in [0.717, 1.165) is 0 Å². The number of benzene rings is 1. The van der Waals surface area contributed by atoms with Gasteiger partial charge in [-0.2, -0.15) is 0 Å². The summed E-state index contributed by atoms with van der Waals surface area (Å²) in [4.78, 5) is 12.0. The topological polar surface area (TPSA) is 73.6 Å². The van der Waals surface area contributed by atoms with Crippen LogP contribution in [0.5, 0.6) is 5.75 Å². The smallest absolute Gasteiger partial charge is 0.253 e. The van der Waals surface area contributed by atoms with Crippen molar-refractivity contribution < 1.29 is 14.3 Å². The molecule has 0 radical (unpaired) electrons. The number of anilines is 2. The highest BCUT2D eigenvalue weighted by Gasteiger charge is 2.24. The summed E-state index contributed by atoms with van der Waals surface area (Å²) in [6, 6.07) is 5.12. The van der Waals surface area contributed by atoms with Gasteiger partial charge in [0.15, 0.2) is 0 Å². The van der Waals surface area contributed by atoms with E-state index in [1.807, 2.05) is 0 Å². The molecular formula is C14H20N2O3. The Morgan fingerprint density at radius 1 is 1.53 bits per heavy atom. The Hall–Kier alpha value is -1.75. The van der Waals surface area contributed by atoms with E-state index < -0.39 is 6.10 Å². The van der Waals surface area contributed by atoms with Gasteiger partial charge < -0.3 is 20.5 Å². The molecule has 1 amide bonds. The highest BCUT2D eigenvalue weighted by Crippen LogP contribution is 2.29. The number of nitrogens with one attached hydrogen (secondary N) is 1. The van der Waals surface area contributed by atoms with E-state index >= 15 is 0 Å². The van der Waals surface area contributed by atoms with Gasteiger partial charge in [0.1, 0.15) is 11.9 Å². The average molecular weight is 264 g/mol. The summed E-state index contributed by atoms with van der Waals surface area (Å²) in [5.74, 6) is 1.03. The van der Waals surface area contributed by atoms with Gasteiger partial charge in [-0.15, -0.1) is 0 Å². The molecule has 0 saturated heterocycles. The Balaban J connectivity index is 1.94. The van der Waals surface area contributed by atoms with Gasteiger partial charge in [0, 0.05) is 5.69 Å². The molecule has 19 heavy (non-hydrogen) atoms. The third kappa shape index (κ3) is 3.86. The van der Waals surface area contributed by atoms with Gasteiger partial charge >= 0.3 is 0 Å². The summed E-state index contributed by atoms with van der Waals surface area (Å²) in [5, 5.41) is 2.78. The van der Waals surface area contributed by atoms with E-state index in [1.165, 1.54) is 12.8 Å². The third-order valence-electron chi connectivity index (χ3n) is 3.13. The summed E-state index contributed by atoms with van der Waals surface area (Å²) in [5.41, 5.74) is 6.84. The van der Waals surface area contributed by atoms with Crippen LogP contribution in [-0.4, -0.2) is 25.7 Å². The van der Waals surface area contributed by atoms with Crippen LogP contribution in [0.2, 0.25) is 0 Å². The fourth-order valence-corrected chi connectivity index (χ4v) is 1.70. The SMILES string of the molecule is COc1ccc(N)cc1NC(=O)C(C)OCC1CC1. The Labute approximate surface area is 113 Å². The third-order valence-corrected chi connectivity index (χ3v) is 3.13. The quantitative estimate of drug-likeness (QED) is 0.771. The van der Waals surface area contributed by atoms with Crippen molar-refractivity contribution in [3.05, 3.63) is 18.2 Å². The van der Waals surface area contributed by atoms with Crippen LogP contribution < -0.4 is 15.8 Å². The first kappa shape index (κ1) is 13.7. The number of ether oxygens (including phenoxy) is 2. The largest absolute Gasteiger partial charge is 0.495 e. The molecule has 0 heterocycles. The predicted molar refractivity (Wildman–Crippen MR) is 74.2 cm³/mol. The molecular weight excluding hydrogens is 244 g/mol. The number of amides is 1. The number of hydrogen-bond donors (Lipinski definition) is 2. The summed E-state index contributed by atoms with van der Waals surface area (Å²) < 4.78 is 10.7. The van der Waals surface area contributed by atoms with E-state index in [-0.39, 0.29) is 5.91 Å². The Kier molecular flexibility index (Phi) is 4.27. The van der Waals surface area contributed by atoms with Crippen molar-refractivity contribution in [2.75, 3.05) is 24.8 Å². The average Bonchev–Trinajstić information content (AvgIpc) is 3.20. The van der Waals surface area contributed by atoms with Crippen molar-refractivity contribution in [3.8, 4) is 5.75 Å². The van der Waals surface area contributed by atoms with Crippen LogP contribution in [0.25, 0.3) is 0 Å². The highest BCUT2D eigenvalue weighted by molar-refractivity contribution is 5.95. The minimum absolute atomic E-state index is 0.190. The van der Waals surface area contributed by atoms with Crippen molar-refractivity contribution in [2.45, 2.75) is 25.9 Å². The van der Waals surface area contributed by atoms with Crippen LogP contribution >= 0.6 is 0 Å². The van der Waals surface area contributed by atoms with Crippen LogP contribution in [0.3, 0.4) is 0 Å². The molecule has 0 spiro atoms. The first-order chi connectivity index (χ1) is 9.10. The van der Waals surface area contributed by atoms with Crippen LogP contribution in [0.15, 0.2) is 18.2 Å². The lowest BCUT2D eigenvalue weighted by molar-refractivity contribution is -0.126. The summed E-state index contributed by atoms with van der Waals surface area (Å²) in [7, 11) is 1.55. The number of methoxy groups -OCH3 is 1.